The molecule has 1 aromatic carbocycles. The first-order valence-corrected chi connectivity index (χ1v) is 8.63. The molecule has 2 N–H and O–H groups in total. The maximum absolute atomic E-state index is 12.3. The second kappa shape index (κ2) is 9.61. The van der Waals surface area contributed by atoms with Gasteiger partial charge < -0.3 is 20.3 Å². The highest BCUT2D eigenvalue weighted by Crippen LogP contribution is 2.10. The van der Waals surface area contributed by atoms with E-state index in [-0.39, 0.29) is 11.9 Å². The van der Waals surface area contributed by atoms with Crippen molar-refractivity contribution in [3.05, 3.63) is 29.8 Å². The van der Waals surface area contributed by atoms with Crippen LogP contribution in [0, 0.1) is 0 Å². The van der Waals surface area contributed by atoms with E-state index in [4.69, 9.17) is 4.74 Å². The van der Waals surface area contributed by atoms with E-state index in [1.807, 2.05) is 6.92 Å². The fraction of sp³-hybridized carbons (Fsp3) is 0.611. The SMILES string of the molecule is C[C@@H](C(=O)NCc1ccc(NCCN(C)C)cc1)N1CCOCC1. The Hall–Kier alpha value is -1.63. The fourth-order valence-electron chi connectivity index (χ4n) is 2.63. The Morgan fingerprint density at radius 1 is 1.25 bits per heavy atom. The topological polar surface area (TPSA) is 56.8 Å². The highest BCUT2D eigenvalue weighted by atomic mass is 16.5. The minimum atomic E-state index is -0.110. The zero-order chi connectivity index (χ0) is 17.4. The first kappa shape index (κ1) is 18.7. The number of carbonyl (C=O) groups excluding carboxylic acids is 1. The molecule has 1 atom stereocenters. The summed E-state index contributed by atoms with van der Waals surface area (Å²) in [5.41, 5.74) is 2.21. The van der Waals surface area contributed by atoms with Crippen LogP contribution in [-0.2, 0) is 16.1 Å². The number of hydrogen-bond donors (Lipinski definition) is 2. The lowest BCUT2D eigenvalue weighted by Crippen LogP contribution is -2.49. The molecule has 0 radical (unpaired) electrons. The van der Waals surface area contributed by atoms with Crippen LogP contribution in [0.25, 0.3) is 0 Å². The van der Waals surface area contributed by atoms with Gasteiger partial charge in [0.05, 0.1) is 19.3 Å². The number of hydrogen-bond acceptors (Lipinski definition) is 5. The van der Waals surface area contributed by atoms with Crippen molar-refractivity contribution in [1.29, 1.82) is 0 Å². The lowest BCUT2D eigenvalue weighted by Gasteiger charge is -2.31. The smallest absolute Gasteiger partial charge is 0.237 e. The van der Waals surface area contributed by atoms with Crippen molar-refractivity contribution in [2.75, 3.05) is 58.8 Å². The number of amides is 1. The first-order chi connectivity index (χ1) is 11.6. The minimum Gasteiger partial charge on any atom is -0.384 e. The van der Waals surface area contributed by atoms with Crippen LogP contribution in [0.5, 0.6) is 0 Å². The van der Waals surface area contributed by atoms with Crippen molar-refractivity contribution in [2.45, 2.75) is 19.5 Å². The number of nitrogens with one attached hydrogen (secondary N) is 2. The molecule has 24 heavy (non-hydrogen) atoms. The Morgan fingerprint density at radius 2 is 1.92 bits per heavy atom. The van der Waals surface area contributed by atoms with Gasteiger partial charge in [-0.05, 0) is 38.7 Å². The molecule has 0 spiro atoms. The average molecular weight is 334 g/mol. The third-order valence-electron chi connectivity index (χ3n) is 4.28. The number of carbonyl (C=O) groups is 1. The van der Waals surface area contributed by atoms with Crippen LogP contribution in [0.15, 0.2) is 24.3 Å². The molecule has 1 aromatic rings. The van der Waals surface area contributed by atoms with Gasteiger partial charge in [-0.3, -0.25) is 9.69 Å². The summed E-state index contributed by atoms with van der Waals surface area (Å²) in [7, 11) is 4.12. The zero-order valence-corrected chi connectivity index (χ0v) is 15.0. The van der Waals surface area contributed by atoms with Crippen LogP contribution in [0.4, 0.5) is 5.69 Å². The standard InChI is InChI=1S/C18H30N4O2/c1-15(22-10-12-24-13-11-22)18(23)20-14-16-4-6-17(7-5-16)19-8-9-21(2)3/h4-7,15,19H,8-14H2,1-3H3,(H,20,23)/t15-/m0/s1. The number of nitrogens with zero attached hydrogens (tertiary/aromatic N) is 2. The molecule has 0 aliphatic carbocycles. The highest BCUT2D eigenvalue weighted by molar-refractivity contribution is 5.81. The van der Waals surface area contributed by atoms with Gasteiger partial charge in [0.15, 0.2) is 0 Å². The number of ether oxygens (including phenoxy) is 1. The predicted octanol–water partition coefficient (Wildman–Crippen LogP) is 0.997. The van der Waals surface area contributed by atoms with Crippen LogP contribution < -0.4 is 10.6 Å². The van der Waals surface area contributed by atoms with Gasteiger partial charge in [0.25, 0.3) is 0 Å². The van der Waals surface area contributed by atoms with Crippen molar-refractivity contribution in [1.82, 2.24) is 15.1 Å². The van der Waals surface area contributed by atoms with Crippen LogP contribution in [0.3, 0.4) is 0 Å². The summed E-state index contributed by atoms with van der Waals surface area (Å²) in [5.74, 6) is 0.0742. The van der Waals surface area contributed by atoms with Gasteiger partial charge in [-0.1, -0.05) is 12.1 Å². The van der Waals surface area contributed by atoms with Crippen LogP contribution in [-0.4, -0.2) is 75.2 Å². The molecule has 0 bridgehead atoms. The molecular weight excluding hydrogens is 304 g/mol. The molecule has 1 fully saturated rings. The summed E-state index contributed by atoms with van der Waals surface area (Å²) < 4.78 is 5.33. The van der Waals surface area contributed by atoms with E-state index in [1.54, 1.807) is 0 Å². The lowest BCUT2D eigenvalue weighted by molar-refractivity contribution is -0.127. The number of likely N-dealkylation sites (N-methyl/N-ethyl adjacent to an activating group) is 1. The minimum absolute atomic E-state index is 0.0742. The third-order valence-corrected chi connectivity index (χ3v) is 4.28. The summed E-state index contributed by atoms with van der Waals surface area (Å²) in [6, 6.07) is 8.11. The molecule has 0 aromatic heterocycles. The first-order valence-electron chi connectivity index (χ1n) is 8.63. The lowest BCUT2D eigenvalue weighted by atomic mass is 10.2. The Labute approximate surface area is 145 Å². The predicted molar refractivity (Wildman–Crippen MR) is 97.2 cm³/mol. The van der Waals surface area contributed by atoms with Gasteiger partial charge in [0, 0.05) is 38.4 Å². The Kier molecular flexibility index (Phi) is 7.49. The van der Waals surface area contributed by atoms with E-state index in [0.29, 0.717) is 19.8 Å². The monoisotopic (exact) mass is 334 g/mol. The normalized spacial score (nSPS) is 16.8. The van der Waals surface area contributed by atoms with Crippen molar-refractivity contribution in [3.63, 3.8) is 0 Å². The van der Waals surface area contributed by atoms with Gasteiger partial charge in [0.2, 0.25) is 5.91 Å². The van der Waals surface area contributed by atoms with E-state index in [0.717, 1.165) is 37.4 Å². The highest BCUT2D eigenvalue weighted by Gasteiger charge is 2.22. The zero-order valence-electron chi connectivity index (χ0n) is 15.0. The molecule has 0 unspecified atom stereocenters. The number of benzene rings is 1. The molecule has 6 nitrogen and oxygen atoms in total. The van der Waals surface area contributed by atoms with Gasteiger partial charge in [-0.25, -0.2) is 0 Å². The maximum Gasteiger partial charge on any atom is 0.237 e. The summed E-state index contributed by atoms with van der Waals surface area (Å²) in [5, 5.41) is 6.41. The number of rotatable bonds is 8. The fourth-order valence-corrected chi connectivity index (χ4v) is 2.63. The summed E-state index contributed by atoms with van der Waals surface area (Å²) in [6.45, 7) is 7.49. The third kappa shape index (κ3) is 6.11. The largest absolute Gasteiger partial charge is 0.384 e. The number of anilines is 1. The number of morpholine rings is 1. The molecule has 1 aliphatic rings. The Bertz CT molecular complexity index is 498. The van der Waals surface area contributed by atoms with Gasteiger partial charge in [0.1, 0.15) is 0 Å². The molecule has 134 valence electrons. The van der Waals surface area contributed by atoms with E-state index in [2.05, 4.69) is 58.8 Å². The van der Waals surface area contributed by atoms with E-state index in [9.17, 15) is 4.79 Å². The molecule has 1 heterocycles. The quantitative estimate of drug-likeness (QED) is 0.743. The molecule has 0 saturated carbocycles. The van der Waals surface area contributed by atoms with Crippen molar-refractivity contribution in [3.8, 4) is 0 Å². The van der Waals surface area contributed by atoms with Gasteiger partial charge in [-0.2, -0.15) is 0 Å². The van der Waals surface area contributed by atoms with Gasteiger partial charge >= 0.3 is 0 Å². The average Bonchev–Trinajstić information content (AvgIpc) is 2.60. The van der Waals surface area contributed by atoms with Crippen molar-refractivity contribution < 1.29 is 9.53 Å². The molecule has 1 aliphatic heterocycles. The van der Waals surface area contributed by atoms with E-state index >= 15 is 0 Å². The van der Waals surface area contributed by atoms with Crippen molar-refractivity contribution in [2.24, 2.45) is 0 Å². The van der Waals surface area contributed by atoms with Crippen LogP contribution >= 0.6 is 0 Å². The molecule has 1 saturated heterocycles. The summed E-state index contributed by atoms with van der Waals surface area (Å²) in [6.07, 6.45) is 0. The molecule has 6 heteroatoms. The van der Waals surface area contributed by atoms with Crippen LogP contribution in [0.1, 0.15) is 12.5 Å². The Morgan fingerprint density at radius 3 is 2.54 bits per heavy atom. The van der Waals surface area contributed by atoms with E-state index in [1.165, 1.54) is 0 Å². The second-order valence-electron chi connectivity index (χ2n) is 6.47. The maximum atomic E-state index is 12.3. The summed E-state index contributed by atoms with van der Waals surface area (Å²) >= 11 is 0. The molecule has 2 rings (SSSR count). The van der Waals surface area contributed by atoms with E-state index < -0.39 is 0 Å². The van der Waals surface area contributed by atoms with Crippen molar-refractivity contribution >= 4 is 11.6 Å². The van der Waals surface area contributed by atoms with Gasteiger partial charge in [-0.15, -0.1) is 0 Å². The molecular formula is C18H30N4O2. The summed E-state index contributed by atoms with van der Waals surface area (Å²) in [4.78, 5) is 16.6. The van der Waals surface area contributed by atoms with Crippen LogP contribution in [0.2, 0.25) is 0 Å². The Balaban J connectivity index is 1.73. The molecule has 1 amide bonds. The second-order valence-corrected chi connectivity index (χ2v) is 6.47.